The van der Waals surface area contributed by atoms with E-state index >= 15 is 0 Å². The lowest BCUT2D eigenvalue weighted by molar-refractivity contribution is -0.906. The first kappa shape index (κ1) is 17.4. The molecule has 1 aromatic rings. The number of hydrogen-bond donors (Lipinski definition) is 1. The van der Waals surface area contributed by atoms with E-state index in [1.807, 2.05) is 19.1 Å². The van der Waals surface area contributed by atoms with Crippen LogP contribution in [0.25, 0.3) is 0 Å². The third kappa shape index (κ3) is 4.74. The van der Waals surface area contributed by atoms with Crippen molar-refractivity contribution < 1.29 is 33.3 Å². The summed E-state index contributed by atoms with van der Waals surface area (Å²) >= 11 is 0. The molecule has 1 amide bonds. The van der Waals surface area contributed by atoms with Gasteiger partial charge in [0.15, 0.2) is 6.54 Å². The first-order chi connectivity index (χ1) is 8.98. The summed E-state index contributed by atoms with van der Waals surface area (Å²) in [6.45, 7) is 6.95. The normalized spacial score (nSPS) is 17.1. The molecule has 0 aliphatic carbocycles. The van der Waals surface area contributed by atoms with Gasteiger partial charge in [-0.05, 0) is 44.7 Å². The summed E-state index contributed by atoms with van der Waals surface area (Å²) in [6, 6.07) is 6.14. The lowest BCUT2D eigenvalue weighted by Crippen LogP contribution is -3.00. The van der Waals surface area contributed by atoms with Crippen LogP contribution in [0.2, 0.25) is 0 Å². The van der Waals surface area contributed by atoms with Crippen molar-refractivity contribution in [3.8, 4) is 0 Å². The predicted octanol–water partition coefficient (Wildman–Crippen LogP) is -0.124. The molecule has 0 bridgehead atoms. The Labute approximate surface area is 139 Å². The zero-order valence-corrected chi connectivity index (χ0v) is 14.9. The maximum absolute atomic E-state index is 12.2. The number of aryl methyl sites for hydroxylation is 2. The Hall–Kier alpha value is -0.620. The highest BCUT2D eigenvalue weighted by Crippen LogP contribution is 2.18. The SMILES string of the molecule is Cc1ccc(NC(=O)C[N+]2(C)CCCCC2)c(C)c1.[I-]. The molecule has 2 rings (SSSR count). The number of quaternary nitrogens is 1. The smallest absolute Gasteiger partial charge is 0.279 e. The minimum atomic E-state index is 0. The van der Waals surface area contributed by atoms with Gasteiger partial charge in [-0.1, -0.05) is 17.7 Å². The molecular weight excluding hydrogens is 363 g/mol. The second-order valence-corrected chi connectivity index (χ2v) is 6.15. The lowest BCUT2D eigenvalue weighted by Gasteiger charge is -2.37. The monoisotopic (exact) mass is 388 g/mol. The number of carbonyl (C=O) groups excluding carboxylic acids is 1. The zero-order valence-electron chi connectivity index (χ0n) is 12.7. The number of nitrogens with zero attached hydrogens (tertiary/aromatic N) is 1. The predicted molar refractivity (Wildman–Crippen MR) is 79.2 cm³/mol. The Balaban J connectivity index is 0.00000200. The van der Waals surface area contributed by atoms with E-state index in [0.717, 1.165) is 28.8 Å². The van der Waals surface area contributed by atoms with E-state index in [4.69, 9.17) is 0 Å². The van der Waals surface area contributed by atoms with Gasteiger partial charge in [-0.25, -0.2) is 0 Å². The molecule has 1 aliphatic rings. The molecule has 1 N–H and O–H groups in total. The highest BCUT2D eigenvalue weighted by atomic mass is 127. The molecule has 1 aromatic carbocycles. The van der Waals surface area contributed by atoms with Crippen LogP contribution in [0.1, 0.15) is 30.4 Å². The van der Waals surface area contributed by atoms with Crippen molar-refractivity contribution in [1.82, 2.24) is 0 Å². The average molecular weight is 388 g/mol. The average Bonchev–Trinajstić information content (AvgIpc) is 2.33. The highest BCUT2D eigenvalue weighted by molar-refractivity contribution is 5.92. The molecule has 20 heavy (non-hydrogen) atoms. The van der Waals surface area contributed by atoms with Crippen LogP contribution in [0.15, 0.2) is 18.2 Å². The van der Waals surface area contributed by atoms with Crippen LogP contribution in [0.5, 0.6) is 0 Å². The molecule has 3 nitrogen and oxygen atoms in total. The number of halogens is 1. The van der Waals surface area contributed by atoms with Gasteiger partial charge in [0.2, 0.25) is 0 Å². The third-order valence-electron chi connectivity index (χ3n) is 4.08. The lowest BCUT2D eigenvalue weighted by atomic mass is 10.1. The summed E-state index contributed by atoms with van der Waals surface area (Å²) in [4.78, 5) is 12.2. The molecule has 4 heteroatoms. The number of carbonyl (C=O) groups is 1. The van der Waals surface area contributed by atoms with Crippen LogP contribution < -0.4 is 29.3 Å². The van der Waals surface area contributed by atoms with Crippen LogP contribution >= 0.6 is 0 Å². The van der Waals surface area contributed by atoms with Crippen molar-refractivity contribution in [2.24, 2.45) is 0 Å². The van der Waals surface area contributed by atoms with Gasteiger partial charge < -0.3 is 33.8 Å². The van der Waals surface area contributed by atoms with Crippen LogP contribution in [0.4, 0.5) is 5.69 Å². The number of benzene rings is 1. The van der Waals surface area contributed by atoms with E-state index in [-0.39, 0.29) is 29.9 Å². The standard InChI is InChI=1S/C16H24N2O.HI/c1-13-7-8-15(14(2)11-13)17-16(19)12-18(3)9-5-4-6-10-18;/h7-8,11H,4-6,9-10,12H2,1-3H3;1H. The van der Waals surface area contributed by atoms with Crippen molar-refractivity contribution >= 4 is 11.6 Å². The van der Waals surface area contributed by atoms with Crippen molar-refractivity contribution in [1.29, 1.82) is 0 Å². The highest BCUT2D eigenvalue weighted by Gasteiger charge is 2.27. The van der Waals surface area contributed by atoms with Gasteiger partial charge >= 0.3 is 0 Å². The Morgan fingerprint density at radius 2 is 1.85 bits per heavy atom. The Kier molecular flexibility index (Phi) is 6.45. The third-order valence-corrected chi connectivity index (χ3v) is 4.08. The minimum Gasteiger partial charge on any atom is -1.00 e. The van der Waals surface area contributed by atoms with Gasteiger partial charge in [-0.3, -0.25) is 4.79 Å². The maximum Gasteiger partial charge on any atom is 0.279 e. The number of likely N-dealkylation sites (N-methyl/N-ethyl adjacent to an activating group) is 1. The molecule has 1 fully saturated rings. The summed E-state index contributed by atoms with van der Waals surface area (Å²) in [7, 11) is 2.20. The van der Waals surface area contributed by atoms with E-state index in [2.05, 4.69) is 25.4 Å². The molecule has 1 aliphatic heterocycles. The fraction of sp³-hybridized carbons (Fsp3) is 0.562. The quantitative estimate of drug-likeness (QED) is 0.568. The summed E-state index contributed by atoms with van der Waals surface area (Å²) < 4.78 is 0.886. The van der Waals surface area contributed by atoms with E-state index in [1.54, 1.807) is 0 Å². The van der Waals surface area contributed by atoms with Gasteiger partial charge in [0.25, 0.3) is 5.91 Å². The zero-order chi connectivity index (χ0) is 13.9. The summed E-state index contributed by atoms with van der Waals surface area (Å²) in [6.07, 6.45) is 3.80. The Morgan fingerprint density at radius 1 is 1.20 bits per heavy atom. The maximum atomic E-state index is 12.2. The second kappa shape index (κ2) is 7.41. The molecule has 1 heterocycles. The Bertz CT molecular complexity index is 468. The number of anilines is 1. The van der Waals surface area contributed by atoms with E-state index in [0.29, 0.717) is 6.54 Å². The number of amides is 1. The van der Waals surface area contributed by atoms with Crippen LogP contribution in [0.3, 0.4) is 0 Å². The number of piperidine rings is 1. The molecule has 1 saturated heterocycles. The van der Waals surface area contributed by atoms with Crippen molar-refractivity contribution in [2.45, 2.75) is 33.1 Å². The van der Waals surface area contributed by atoms with Crippen LogP contribution in [-0.4, -0.2) is 37.1 Å². The minimum absolute atomic E-state index is 0. The molecule has 0 spiro atoms. The van der Waals surface area contributed by atoms with Gasteiger partial charge in [0.1, 0.15) is 0 Å². The number of hydrogen-bond acceptors (Lipinski definition) is 1. The fourth-order valence-electron chi connectivity index (χ4n) is 2.92. The van der Waals surface area contributed by atoms with Crippen molar-refractivity contribution in [3.63, 3.8) is 0 Å². The second-order valence-electron chi connectivity index (χ2n) is 6.15. The molecule has 0 saturated carbocycles. The van der Waals surface area contributed by atoms with Crippen LogP contribution in [0, 0.1) is 13.8 Å². The first-order valence-corrected chi connectivity index (χ1v) is 7.19. The molecule has 0 atom stereocenters. The van der Waals surface area contributed by atoms with Gasteiger partial charge in [0, 0.05) is 5.69 Å². The summed E-state index contributed by atoms with van der Waals surface area (Å²) in [5.74, 6) is 0.136. The van der Waals surface area contributed by atoms with E-state index in [1.165, 1.54) is 24.8 Å². The van der Waals surface area contributed by atoms with E-state index in [9.17, 15) is 4.79 Å². The summed E-state index contributed by atoms with van der Waals surface area (Å²) in [5, 5.41) is 3.06. The number of rotatable bonds is 3. The molecule has 112 valence electrons. The largest absolute Gasteiger partial charge is 1.00 e. The van der Waals surface area contributed by atoms with Crippen molar-refractivity contribution in [3.05, 3.63) is 29.3 Å². The first-order valence-electron chi connectivity index (χ1n) is 7.19. The number of likely N-dealkylation sites (tertiary alicyclic amines) is 1. The van der Waals surface area contributed by atoms with E-state index < -0.39 is 0 Å². The Morgan fingerprint density at radius 3 is 2.45 bits per heavy atom. The van der Waals surface area contributed by atoms with Gasteiger partial charge in [-0.2, -0.15) is 0 Å². The summed E-state index contributed by atoms with van der Waals surface area (Å²) in [5.41, 5.74) is 3.30. The van der Waals surface area contributed by atoms with Crippen molar-refractivity contribution in [2.75, 3.05) is 32.0 Å². The topological polar surface area (TPSA) is 29.1 Å². The molecular formula is C16H25IN2O. The molecule has 0 radical (unpaired) electrons. The fourth-order valence-corrected chi connectivity index (χ4v) is 2.92. The van der Waals surface area contributed by atoms with Gasteiger partial charge in [0.05, 0.1) is 20.1 Å². The molecule has 0 aromatic heterocycles. The van der Waals surface area contributed by atoms with Crippen LogP contribution in [-0.2, 0) is 4.79 Å². The molecule has 0 unspecified atom stereocenters. The van der Waals surface area contributed by atoms with Gasteiger partial charge in [-0.15, -0.1) is 0 Å². The number of nitrogens with one attached hydrogen (secondary N) is 1.